The van der Waals surface area contributed by atoms with Crippen molar-refractivity contribution in [1.82, 2.24) is 4.98 Å². The molecule has 0 bridgehead atoms. The molecule has 0 aromatic heterocycles. The van der Waals surface area contributed by atoms with Crippen LogP contribution in [0.2, 0.25) is 6.04 Å². The van der Waals surface area contributed by atoms with Crippen molar-refractivity contribution < 1.29 is 4.79 Å². The van der Waals surface area contributed by atoms with Gasteiger partial charge in [-0.3, -0.25) is 4.79 Å². The largest absolute Gasteiger partial charge is 0.370 e. The molecule has 0 heterocycles. The lowest BCUT2D eigenvalue weighted by molar-refractivity contribution is 0.253. The molecule has 0 unspecified atom stereocenters. The number of nitrogens with one attached hydrogen (secondary N) is 1. The zero-order chi connectivity index (χ0) is 17.0. The van der Waals surface area contributed by atoms with Gasteiger partial charge in [0.1, 0.15) is 9.68 Å². The third-order valence-corrected chi connectivity index (χ3v) is 6.03. The summed E-state index contributed by atoms with van der Waals surface area (Å²) in [4.78, 5) is 13.3. The molecule has 0 radical (unpaired) electrons. The standard InChI is InChI=1S/C19H42N2OSi/c1-2-3-4-5-6-7-8-9-10-11-12-13-14-15-16-17-18-23-21-19(20)22/h2-18,23H2,1H3,(H3,20,21,22). The number of unbranched alkanes of at least 4 members (excludes halogenated alkanes) is 15. The Bertz CT molecular complexity index is 250. The Balaban J connectivity index is 2.96. The van der Waals surface area contributed by atoms with Crippen LogP contribution in [0.5, 0.6) is 0 Å². The smallest absolute Gasteiger partial charge is 0.303 e. The van der Waals surface area contributed by atoms with Gasteiger partial charge >= 0.3 is 6.03 Å². The minimum Gasteiger partial charge on any atom is -0.370 e. The Morgan fingerprint density at radius 3 is 1.39 bits per heavy atom. The fourth-order valence-corrected chi connectivity index (χ4v) is 4.09. The summed E-state index contributed by atoms with van der Waals surface area (Å²) in [6.45, 7) is 2.28. The zero-order valence-corrected chi connectivity index (χ0v) is 17.1. The van der Waals surface area contributed by atoms with Crippen molar-refractivity contribution in [2.75, 3.05) is 0 Å². The van der Waals surface area contributed by atoms with Crippen molar-refractivity contribution in [2.24, 2.45) is 5.73 Å². The molecule has 4 heteroatoms. The quantitative estimate of drug-likeness (QED) is 0.254. The van der Waals surface area contributed by atoms with E-state index in [9.17, 15) is 4.79 Å². The van der Waals surface area contributed by atoms with Gasteiger partial charge in [-0.2, -0.15) is 0 Å². The summed E-state index contributed by atoms with van der Waals surface area (Å²) in [7, 11) is -0.425. The highest BCUT2D eigenvalue weighted by Gasteiger charge is 1.95. The number of nitrogens with two attached hydrogens (primary N) is 1. The third kappa shape index (κ3) is 21.5. The van der Waals surface area contributed by atoms with Crippen molar-refractivity contribution in [3.8, 4) is 0 Å². The summed E-state index contributed by atoms with van der Waals surface area (Å²) >= 11 is 0. The molecule has 0 aliphatic heterocycles. The van der Waals surface area contributed by atoms with Gasteiger partial charge in [0.2, 0.25) is 0 Å². The minimum atomic E-state index is -0.425. The van der Waals surface area contributed by atoms with E-state index in [-0.39, 0.29) is 6.03 Å². The maximum absolute atomic E-state index is 10.5. The van der Waals surface area contributed by atoms with Crippen molar-refractivity contribution in [3.63, 3.8) is 0 Å². The van der Waals surface area contributed by atoms with Gasteiger partial charge < -0.3 is 10.7 Å². The summed E-state index contributed by atoms with van der Waals surface area (Å²) in [6.07, 6.45) is 22.6. The first kappa shape index (κ1) is 22.5. The molecule has 3 N–H and O–H groups in total. The molecule has 0 fully saturated rings. The van der Waals surface area contributed by atoms with Crippen LogP contribution in [0.3, 0.4) is 0 Å². The molecular formula is C19H42N2OSi. The fraction of sp³-hybridized carbons (Fsp3) is 0.947. The van der Waals surface area contributed by atoms with Crippen LogP contribution in [0.4, 0.5) is 4.79 Å². The van der Waals surface area contributed by atoms with Crippen LogP contribution >= 0.6 is 0 Å². The van der Waals surface area contributed by atoms with Gasteiger partial charge in [0.15, 0.2) is 0 Å². The normalized spacial score (nSPS) is 11.3. The molecular weight excluding hydrogens is 300 g/mol. The van der Waals surface area contributed by atoms with Gasteiger partial charge in [0.05, 0.1) is 0 Å². The first-order valence-electron chi connectivity index (χ1n) is 10.3. The second-order valence-corrected chi connectivity index (χ2v) is 8.51. The Morgan fingerprint density at radius 1 is 0.696 bits per heavy atom. The Labute approximate surface area is 147 Å². The monoisotopic (exact) mass is 342 g/mol. The van der Waals surface area contributed by atoms with Crippen molar-refractivity contribution in [2.45, 2.75) is 116 Å². The number of carbonyl (C=O) groups excluding carboxylic acids is 1. The van der Waals surface area contributed by atoms with Crippen LogP contribution in [-0.4, -0.2) is 15.7 Å². The lowest BCUT2D eigenvalue weighted by Crippen LogP contribution is -2.32. The van der Waals surface area contributed by atoms with E-state index < -0.39 is 9.68 Å². The average Bonchev–Trinajstić information content (AvgIpc) is 2.53. The van der Waals surface area contributed by atoms with E-state index in [4.69, 9.17) is 5.73 Å². The maximum Gasteiger partial charge on any atom is 0.303 e. The molecule has 138 valence electrons. The molecule has 0 atom stereocenters. The SMILES string of the molecule is CCCCCCCCCCCCCCCCCC[SiH2]NC(N)=O. The summed E-state index contributed by atoms with van der Waals surface area (Å²) < 4.78 is 0. The molecule has 0 aliphatic carbocycles. The highest BCUT2D eigenvalue weighted by molar-refractivity contribution is 6.36. The lowest BCUT2D eigenvalue weighted by atomic mass is 10.0. The van der Waals surface area contributed by atoms with Gasteiger partial charge in [0, 0.05) is 0 Å². The third-order valence-electron chi connectivity index (χ3n) is 4.58. The predicted molar refractivity (Wildman–Crippen MR) is 106 cm³/mol. The topological polar surface area (TPSA) is 55.1 Å². The van der Waals surface area contributed by atoms with Crippen LogP contribution in [0, 0.1) is 0 Å². The van der Waals surface area contributed by atoms with Crippen molar-refractivity contribution >= 4 is 15.7 Å². The first-order chi connectivity index (χ1) is 11.3. The van der Waals surface area contributed by atoms with Crippen LogP contribution in [0.1, 0.15) is 110 Å². The number of urea groups is 1. The molecule has 0 spiro atoms. The molecule has 0 aliphatic rings. The summed E-state index contributed by atoms with van der Waals surface area (Å²) in [5.74, 6) is 0. The van der Waals surface area contributed by atoms with E-state index in [2.05, 4.69) is 11.9 Å². The number of rotatable bonds is 18. The zero-order valence-electron chi connectivity index (χ0n) is 15.7. The minimum absolute atomic E-state index is 0.340. The summed E-state index contributed by atoms with van der Waals surface area (Å²) in [6, 6.07) is 0.856. The van der Waals surface area contributed by atoms with E-state index in [1.165, 1.54) is 109 Å². The number of hydrogen-bond acceptors (Lipinski definition) is 1. The highest BCUT2D eigenvalue weighted by Crippen LogP contribution is 2.13. The van der Waals surface area contributed by atoms with E-state index in [0.717, 1.165) is 0 Å². The molecule has 0 aromatic carbocycles. The Kier molecular flexibility index (Phi) is 19.1. The van der Waals surface area contributed by atoms with Crippen LogP contribution in [0.15, 0.2) is 0 Å². The summed E-state index contributed by atoms with van der Waals surface area (Å²) in [5, 5.41) is 0. The van der Waals surface area contributed by atoms with Crippen molar-refractivity contribution in [1.29, 1.82) is 0 Å². The van der Waals surface area contributed by atoms with Gasteiger partial charge in [-0.1, -0.05) is 110 Å². The number of amides is 2. The van der Waals surface area contributed by atoms with E-state index in [1.54, 1.807) is 0 Å². The fourth-order valence-electron chi connectivity index (χ4n) is 3.06. The van der Waals surface area contributed by atoms with Gasteiger partial charge in [-0.25, -0.2) is 0 Å². The second kappa shape index (κ2) is 19.5. The highest BCUT2D eigenvalue weighted by atomic mass is 28.2. The average molecular weight is 343 g/mol. The molecule has 0 saturated carbocycles. The van der Waals surface area contributed by atoms with Crippen molar-refractivity contribution in [3.05, 3.63) is 0 Å². The molecule has 0 saturated heterocycles. The van der Waals surface area contributed by atoms with Gasteiger partial charge in [0.25, 0.3) is 0 Å². The molecule has 0 aromatic rings. The lowest BCUT2D eigenvalue weighted by Gasteiger charge is -2.04. The van der Waals surface area contributed by atoms with Gasteiger partial charge in [-0.15, -0.1) is 0 Å². The van der Waals surface area contributed by atoms with E-state index in [0.29, 0.717) is 0 Å². The van der Waals surface area contributed by atoms with Crippen LogP contribution in [-0.2, 0) is 0 Å². The van der Waals surface area contributed by atoms with E-state index >= 15 is 0 Å². The Morgan fingerprint density at radius 2 is 1.04 bits per heavy atom. The first-order valence-corrected chi connectivity index (χ1v) is 12.0. The Hall–Kier alpha value is -0.513. The predicted octanol–water partition coefficient (Wildman–Crippen LogP) is 5.42. The van der Waals surface area contributed by atoms with Gasteiger partial charge in [-0.05, 0) is 6.04 Å². The molecule has 3 nitrogen and oxygen atoms in total. The maximum atomic E-state index is 10.5. The molecule has 23 heavy (non-hydrogen) atoms. The van der Waals surface area contributed by atoms with Crippen LogP contribution < -0.4 is 10.7 Å². The molecule has 2 amide bonds. The second-order valence-electron chi connectivity index (χ2n) is 6.95. The number of primary amides is 1. The van der Waals surface area contributed by atoms with Crippen LogP contribution in [0.25, 0.3) is 0 Å². The summed E-state index contributed by atoms with van der Waals surface area (Å²) in [5.41, 5.74) is 5.05. The number of hydrogen-bond donors (Lipinski definition) is 2. The molecule has 0 rings (SSSR count). The number of carbonyl (C=O) groups is 1. The van der Waals surface area contributed by atoms with E-state index in [1.807, 2.05) is 0 Å².